The van der Waals surface area contributed by atoms with E-state index in [-0.39, 0.29) is 5.91 Å². The van der Waals surface area contributed by atoms with E-state index in [2.05, 4.69) is 5.32 Å². The molecule has 0 bridgehead atoms. The Hall–Kier alpha value is -2.33. The van der Waals surface area contributed by atoms with Gasteiger partial charge >= 0.3 is 0 Å². The second-order valence-electron chi connectivity index (χ2n) is 5.96. The van der Waals surface area contributed by atoms with Gasteiger partial charge in [0, 0.05) is 26.9 Å². The molecule has 0 radical (unpaired) electrons. The molecule has 0 fully saturated rings. The maximum absolute atomic E-state index is 12.6. The fraction of sp³-hybridized carbons (Fsp3) is 0.0952. The Balaban J connectivity index is 1.92. The summed E-state index contributed by atoms with van der Waals surface area (Å²) in [5.41, 5.74) is 3.07. The quantitative estimate of drug-likeness (QED) is 0.610. The summed E-state index contributed by atoms with van der Waals surface area (Å²) in [5.74, 6) is -0.310. The number of aryl methyl sites for hydroxylation is 1. The number of halogens is 2. The highest BCUT2D eigenvalue weighted by Crippen LogP contribution is 2.31. The molecule has 3 aromatic rings. The molecule has 0 aromatic heterocycles. The van der Waals surface area contributed by atoms with Gasteiger partial charge in [-0.25, -0.2) is 0 Å². The zero-order valence-electron chi connectivity index (χ0n) is 14.0. The molecule has 0 unspecified atom stereocenters. The number of hydrogen-bond acceptors (Lipinski definition) is 2. The highest BCUT2D eigenvalue weighted by molar-refractivity contribution is 6.32. The molecule has 3 aromatic carbocycles. The monoisotopic (exact) mass is 385 g/mol. The third-order valence-corrected chi connectivity index (χ3v) is 4.75. The Labute approximate surface area is 162 Å². The number of nitrogens with one attached hydrogen (secondary N) is 1. The number of aliphatic hydroxyl groups excluding tert-OH is 1. The number of aliphatic hydroxyl groups is 1. The Morgan fingerprint density at radius 1 is 1.00 bits per heavy atom. The van der Waals surface area contributed by atoms with Crippen molar-refractivity contribution in [2.45, 2.75) is 13.0 Å². The van der Waals surface area contributed by atoms with Crippen LogP contribution in [0.4, 0.5) is 5.69 Å². The molecule has 3 nitrogen and oxygen atoms in total. The van der Waals surface area contributed by atoms with E-state index in [1.165, 1.54) is 0 Å². The summed E-state index contributed by atoms with van der Waals surface area (Å²) >= 11 is 12.2. The van der Waals surface area contributed by atoms with Gasteiger partial charge in [0.2, 0.25) is 0 Å². The lowest BCUT2D eigenvalue weighted by Crippen LogP contribution is -2.15. The summed E-state index contributed by atoms with van der Waals surface area (Å²) in [6.07, 6.45) is -0.910. The first-order chi connectivity index (χ1) is 12.5. The van der Waals surface area contributed by atoms with Gasteiger partial charge in [0.05, 0.1) is 0 Å². The third kappa shape index (κ3) is 4.07. The maximum Gasteiger partial charge on any atom is 0.255 e. The number of amides is 1. The number of benzene rings is 3. The molecule has 0 heterocycles. The Bertz CT molecular complexity index is 942. The molecule has 0 saturated carbocycles. The number of hydrogen-bond donors (Lipinski definition) is 2. The van der Waals surface area contributed by atoms with Crippen molar-refractivity contribution >= 4 is 34.8 Å². The molecule has 2 N–H and O–H groups in total. The highest BCUT2D eigenvalue weighted by atomic mass is 35.5. The van der Waals surface area contributed by atoms with Gasteiger partial charge in [0.25, 0.3) is 5.91 Å². The first-order valence-corrected chi connectivity index (χ1v) is 8.81. The van der Waals surface area contributed by atoms with Crippen molar-refractivity contribution in [3.8, 4) is 0 Å². The van der Waals surface area contributed by atoms with Crippen LogP contribution in [-0.2, 0) is 0 Å². The smallest absolute Gasteiger partial charge is 0.255 e. The van der Waals surface area contributed by atoms with E-state index in [4.69, 9.17) is 23.2 Å². The number of rotatable bonds is 4. The van der Waals surface area contributed by atoms with Gasteiger partial charge in [-0.15, -0.1) is 0 Å². The predicted octanol–water partition coefficient (Wildman–Crippen LogP) is 5.64. The lowest BCUT2D eigenvalue weighted by Gasteiger charge is -2.17. The van der Waals surface area contributed by atoms with E-state index in [0.29, 0.717) is 32.4 Å². The van der Waals surface area contributed by atoms with E-state index in [1.807, 2.05) is 37.3 Å². The Kier molecular flexibility index (Phi) is 5.62. The van der Waals surface area contributed by atoms with Gasteiger partial charge in [-0.05, 0) is 48.4 Å². The minimum atomic E-state index is -0.910. The van der Waals surface area contributed by atoms with E-state index in [9.17, 15) is 9.90 Å². The van der Waals surface area contributed by atoms with Crippen LogP contribution in [0.25, 0.3) is 0 Å². The number of carbonyl (C=O) groups is 1. The van der Waals surface area contributed by atoms with E-state index >= 15 is 0 Å². The van der Waals surface area contributed by atoms with Crippen molar-refractivity contribution in [1.82, 2.24) is 0 Å². The molecule has 1 atom stereocenters. The molecular formula is C21H17Cl2NO2. The summed E-state index contributed by atoms with van der Waals surface area (Å²) in [7, 11) is 0. The molecule has 0 saturated heterocycles. The van der Waals surface area contributed by atoms with Crippen LogP contribution in [-0.4, -0.2) is 11.0 Å². The first kappa shape index (κ1) is 18.5. The second-order valence-corrected chi connectivity index (χ2v) is 6.81. The van der Waals surface area contributed by atoms with Gasteiger partial charge in [0.1, 0.15) is 6.10 Å². The fourth-order valence-electron chi connectivity index (χ4n) is 2.62. The number of anilines is 1. The minimum Gasteiger partial charge on any atom is -0.384 e. The van der Waals surface area contributed by atoms with Crippen LogP contribution in [0.15, 0.2) is 66.7 Å². The zero-order chi connectivity index (χ0) is 18.7. The lowest BCUT2D eigenvalue weighted by atomic mass is 9.99. The van der Waals surface area contributed by atoms with Gasteiger partial charge in [-0.3, -0.25) is 4.79 Å². The molecular weight excluding hydrogens is 369 g/mol. The third-order valence-electron chi connectivity index (χ3n) is 4.11. The highest BCUT2D eigenvalue weighted by Gasteiger charge is 2.17. The molecule has 0 spiro atoms. The first-order valence-electron chi connectivity index (χ1n) is 8.05. The summed E-state index contributed by atoms with van der Waals surface area (Å²) in [6, 6.07) is 19.3. The standard InChI is InChI=1S/C21H17Cl2NO2/c1-13-7-8-15(11-18(13)23)21(26)24-19-10-9-16(22)12-17(19)20(25)14-5-3-2-4-6-14/h2-12,20,25H,1H3,(H,24,26)/t20-/m0/s1. The van der Waals surface area contributed by atoms with Crippen LogP contribution in [0.1, 0.15) is 33.2 Å². The average molecular weight is 386 g/mol. The summed E-state index contributed by atoms with van der Waals surface area (Å²) < 4.78 is 0. The molecule has 26 heavy (non-hydrogen) atoms. The Morgan fingerprint density at radius 2 is 1.73 bits per heavy atom. The average Bonchev–Trinajstić information content (AvgIpc) is 2.65. The van der Waals surface area contributed by atoms with Crippen LogP contribution < -0.4 is 5.32 Å². The van der Waals surface area contributed by atoms with Crippen molar-refractivity contribution in [3.05, 3.63) is 99.0 Å². The number of carbonyl (C=O) groups excluding carboxylic acids is 1. The van der Waals surface area contributed by atoms with E-state index < -0.39 is 6.10 Å². The van der Waals surface area contributed by atoms with Gasteiger partial charge < -0.3 is 10.4 Å². The van der Waals surface area contributed by atoms with E-state index in [0.717, 1.165) is 5.56 Å². The summed E-state index contributed by atoms with van der Waals surface area (Å²) in [5, 5.41) is 14.6. The fourth-order valence-corrected chi connectivity index (χ4v) is 2.98. The van der Waals surface area contributed by atoms with Crippen LogP contribution in [0.3, 0.4) is 0 Å². The Morgan fingerprint density at radius 3 is 2.42 bits per heavy atom. The van der Waals surface area contributed by atoms with Crippen LogP contribution in [0, 0.1) is 6.92 Å². The van der Waals surface area contributed by atoms with Crippen LogP contribution >= 0.6 is 23.2 Å². The molecule has 3 rings (SSSR count). The topological polar surface area (TPSA) is 49.3 Å². The molecule has 0 aliphatic rings. The molecule has 132 valence electrons. The van der Waals surface area contributed by atoms with Gasteiger partial charge in [0.15, 0.2) is 0 Å². The largest absolute Gasteiger partial charge is 0.384 e. The van der Waals surface area contributed by atoms with Crippen molar-refractivity contribution in [2.75, 3.05) is 5.32 Å². The van der Waals surface area contributed by atoms with E-state index in [1.54, 1.807) is 36.4 Å². The van der Waals surface area contributed by atoms with Gasteiger partial charge in [-0.2, -0.15) is 0 Å². The van der Waals surface area contributed by atoms with Crippen molar-refractivity contribution in [2.24, 2.45) is 0 Å². The van der Waals surface area contributed by atoms with Crippen molar-refractivity contribution < 1.29 is 9.90 Å². The van der Waals surface area contributed by atoms with Gasteiger partial charge in [-0.1, -0.05) is 59.6 Å². The predicted molar refractivity (Wildman–Crippen MR) is 106 cm³/mol. The minimum absolute atomic E-state index is 0.310. The molecule has 5 heteroatoms. The maximum atomic E-state index is 12.6. The molecule has 0 aliphatic heterocycles. The van der Waals surface area contributed by atoms with Crippen molar-refractivity contribution in [3.63, 3.8) is 0 Å². The molecule has 0 aliphatic carbocycles. The summed E-state index contributed by atoms with van der Waals surface area (Å²) in [6.45, 7) is 1.87. The van der Waals surface area contributed by atoms with Crippen molar-refractivity contribution in [1.29, 1.82) is 0 Å². The summed E-state index contributed by atoms with van der Waals surface area (Å²) in [4.78, 5) is 12.6. The lowest BCUT2D eigenvalue weighted by molar-refractivity contribution is 0.102. The molecule has 1 amide bonds. The normalized spacial score (nSPS) is 11.8. The van der Waals surface area contributed by atoms with Crippen LogP contribution in [0.2, 0.25) is 10.0 Å². The van der Waals surface area contributed by atoms with Crippen LogP contribution in [0.5, 0.6) is 0 Å². The zero-order valence-corrected chi connectivity index (χ0v) is 15.6. The second kappa shape index (κ2) is 7.92. The SMILES string of the molecule is Cc1ccc(C(=O)Nc2ccc(Cl)cc2[C@@H](O)c2ccccc2)cc1Cl.